The van der Waals surface area contributed by atoms with E-state index in [0.717, 1.165) is 29.8 Å². The van der Waals surface area contributed by atoms with Gasteiger partial charge in [0.15, 0.2) is 6.61 Å². The van der Waals surface area contributed by atoms with Gasteiger partial charge in [0.25, 0.3) is 5.91 Å². The summed E-state index contributed by atoms with van der Waals surface area (Å²) in [5, 5.41) is 1.39. The maximum absolute atomic E-state index is 11.0. The molecule has 32 heavy (non-hydrogen) atoms. The van der Waals surface area contributed by atoms with E-state index in [2.05, 4.69) is 44.4 Å². The van der Waals surface area contributed by atoms with E-state index in [9.17, 15) is 4.79 Å². The minimum atomic E-state index is -0.514. The zero-order valence-corrected chi connectivity index (χ0v) is 20.6. The Bertz CT molecular complexity index is 917. The Morgan fingerprint density at radius 3 is 2.41 bits per heavy atom. The molecule has 0 aliphatic heterocycles. The molecule has 0 spiro atoms. The van der Waals surface area contributed by atoms with Crippen LogP contribution in [0, 0.1) is 11.3 Å². The monoisotopic (exact) mass is 476 g/mol. The van der Waals surface area contributed by atoms with Crippen LogP contribution in [0.4, 0.5) is 0 Å². The fourth-order valence-corrected chi connectivity index (χ4v) is 5.48. The molecule has 6 heteroatoms. The van der Waals surface area contributed by atoms with Crippen molar-refractivity contribution in [1.82, 2.24) is 0 Å². The molecule has 0 heterocycles. The number of primary amides is 1. The van der Waals surface area contributed by atoms with Crippen molar-refractivity contribution < 1.29 is 9.53 Å². The highest BCUT2D eigenvalue weighted by Crippen LogP contribution is 2.57. The van der Waals surface area contributed by atoms with Gasteiger partial charge in [-0.25, -0.2) is 0 Å². The average Bonchev–Trinajstić information content (AvgIpc) is 2.79. The van der Waals surface area contributed by atoms with Gasteiger partial charge in [-0.2, -0.15) is 0 Å². The van der Waals surface area contributed by atoms with E-state index in [1.807, 2.05) is 24.3 Å². The zero-order valence-electron chi connectivity index (χ0n) is 19.1. The van der Waals surface area contributed by atoms with Crippen LogP contribution in [0.3, 0.4) is 0 Å². The first-order valence-corrected chi connectivity index (χ1v) is 11.7. The molecule has 0 saturated heterocycles. The molecule has 2 aromatic carbocycles. The van der Waals surface area contributed by atoms with Crippen molar-refractivity contribution >= 4 is 29.1 Å². The van der Waals surface area contributed by atoms with E-state index in [0.29, 0.717) is 22.6 Å². The third-order valence-electron chi connectivity index (χ3n) is 6.62. The summed E-state index contributed by atoms with van der Waals surface area (Å²) >= 11 is 12.9. The summed E-state index contributed by atoms with van der Waals surface area (Å²) in [5.74, 6) is 1.02. The number of carbonyl (C=O) groups is 1. The first-order chi connectivity index (χ1) is 15.3. The Hall–Kier alpha value is -2.01. The van der Waals surface area contributed by atoms with E-state index in [-0.39, 0.29) is 17.9 Å². The lowest BCUT2D eigenvalue weighted by Gasteiger charge is -2.49. The van der Waals surface area contributed by atoms with Crippen LogP contribution in [-0.4, -0.2) is 19.6 Å². The zero-order chi connectivity index (χ0) is 23.9. The van der Waals surface area contributed by atoms with Gasteiger partial charge >= 0.3 is 0 Å². The number of halogens is 2. The Balaban J connectivity index is 0.00000176. The molecule has 0 radical (unpaired) electrons. The molecular weight excluding hydrogens is 443 g/mol. The van der Waals surface area contributed by atoms with Crippen molar-refractivity contribution in [3.63, 3.8) is 0 Å². The van der Waals surface area contributed by atoms with Gasteiger partial charge in [-0.1, -0.05) is 67.7 Å². The highest BCUT2D eigenvalue weighted by Gasteiger charge is 2.45. The predicted octanol–water partition coefficient (Wildman–Crippen LogP) is 6.31. The number of amides is 1. The highest BCUT2D eigenvalue weighted by atomic mass is 35.5. The summed E-state index contributed by atoms with van der Waals surface area (Å²) in [7, 11) is 1.50. The van der Waals surface area contributed by atoms with Gasteiger partial charge < -0.3 is 16.2 Å². The maximum Gasteiger partial charge on any atom is 0.255 e. The lowest BCUT2D eigenvalue weighted by atomic mass is 9.55. The SMILES string of the molecule is C=CC1(C)CCC(c2ccc(OCC(N)=O)cc2Cl)C(c2ccc(Cl)cc2)C1CC.CN. The van der Waals surface area contributed by atoms with E-state index in [1.54, 1.807) is 6.07 Å². The van der Waals surface area contributed by atoms with Crippen LogP contribution in [-0.2, 0) is 4.79 Å². The minimum absolute atomic E-state index is 0.0621. The summed E-state index contributed by atoms with van der Waals surface area (Å²) in [4.78, 5) is 11.0. The molecule has 1 fully saturated rings. The second-order valence-electron chi connectivity index (χ2n) is 8.39. The third-order valence-corrected chi connectivity index (χ3v) is 7.20. The lowest BCUT2D eigenvalue weighted by molar-refractivity contribution is -0.119. The molecule has 4 nitrogen and oxygen atoms in total. The molecule has 1 saturated carbocycles. The largest absolute Gasteiger partial charge is 0.484 e. The standard InChI is InChI=1S/C25H29Cl2NO2.CH5N/c1-4-21-24(16-6-8-17(26)9-7-16)20(12-13-25(21,3)5-2)19-11-10-18(14-22(19)27)30-15-23(28)29;1-2/h5-11,14,20-21,24H,2,4,12-13,15H2,1,3H3,(H2,28,29);2H2,1H3. The topological polar surface area (TPSA) is 78.3 Å². The highest BCUT2D eigenvalue weighted by molar-refractivity contribution is 6.31. The van der Waals surface area contributed by atoms with Crippen LogP contribution < -0.4 is 16.2 Å². The summed E-state index contributed by atoms with van der Waals surface area (Å²) < 4.78 is 5.42. The van der Waals surface area contributed by atoms with Crippen LogP contribution in [0.25, 0.3) is 0 Å². The van der Waals surface area contributed by atoms with Crippen molar-refractivity contribution in [3.05, 3.63) is 76.3 Å². The Morgan fingerprint density at radius 2 is 1.88 bits per heavy atom. The summed E-state index contributed by atoms with van der Waals surface area (Å²) in [6, 6.07) is 13.9. The number of benzene rings is 2. The molecule has 1 amide bonds. The molecule has 4 atom stereocenters. The number of allylic oxidation sites excluding steroid dienone is 1. The van der Waals surface area contributed by atoms with Crippen LogP contribution in [0.2, 0.25) is 10.0 Å². The molecule has 174 valence electrons. The van der Waals surface area contributed by atoms with E-state index in [4.69, 9.17) is 33.7 Å². The molecule has 4 unspecified atom stereocenters. The van der Waals surface area contributed by atoms with Crippen LogP contribution >= 0.6 is 23.2 Å². The van der Waals surface area contributed by atoms with E-state index < -0.39 is 5.91 Å². The smallest absolute Gasteiger partial charge is 0.255 e. The quantitative estimate of drug-likeness (QED) is 0.459. The van der Waals surface area contributed by atoms with Crippen molar-refractivity contribution in [2.75, 3.05) is 13.7 Å². The molecule has 3 rings (SSSR count). The number of nitrogens with two attached hydrogens (primary N) is 2. The van der Waals surface area contributed by atoms with Gasteiger partial charge in [0.05, 0.1) is 0 Å². The van der Waals surface area contributed by atoms with Gasteiger partial charge in [-0.05, 0) is 78.5 Å². The lowest BCUT2D eigenvalue weighted by Crippen LogP contribution is -2.38. The Morgan fingerprint density at radius 1 is 1.22 bits per heavy atom. The number of hydrogen-bond acceptors (Lipinski definition) is 3. The fraction of sp³-hybridized carbons (Fsp3) is 0.423. The molecule has 0 aromatic heterocycles. The number of hydrogen-bond donors (Lipinski definition) is 2. The first-order valence-electron chi connectivity index (χ1n) is 11.0. The van der Waals surface area contributed by atoms with Gasteiger partial charge in [0.1, 0.15) is 5.75 Å². The second kappa shape index (κ2) is 11.7. The van der Waals surface area contributed by atoms with Crippen LogP contribution in [0.1, 0.15) is 56.1 Å². The molecule has 4 N–H and O–H groups in total. The van der Waals surface area contributed by atoms with Crippen molar-refractivity contribution in [1.29, 1.82) is 0 Å². The summed E-state index contributed by atoms with van der Waals surface area (Å²) in [5.41, 5.74) is 12.1. The number of ether oxygens (including phenoxy) is 1. The Labute approximate surface area is 201 Å². The first kappa shape index (κ1) is 26.2. The molecule has 1 aliphatic rings. The summed E-state index contributed by atoms with van der Waals surface area (Å²) in [6.45, 7) is 8.56. The maximum atomic E-state index is 11.0. The summed E-state index contributed by atoms with van der Waals surface area (Å²) in [6.07, 6.45) is 5.24. The number of rotatable bonds is 7. The Kier molecular flexibility index (Phi) is 9.63. The average molecular weight is 477 g/mol. The second-order valence-corrected chi connectivity index (χ2v) is 9.23. The fourth-order valence-electron chi connectivity index (χ4n) is 5.05. The van der Waals surface area contributed by atoms with Gasteiger partial charge in [0.2, 0.25) is 0 Å². The molecular formula is C26H34Cl2N2O2. The minimum Gasteiger partial charge on any atom is -0.484 e. The molecule has 1 aliphatic carbocycles. The third kappa shape index (κ3) is 5.86. The number of carbonyl (C=O) groups excluding carboxylic acids is 1. The van der Waals surface area contributed by atoms with Gasteiger partial charge in [-0.15, -0.1) is 6.58 Å². The normalized spacial score (nSPS) is 24.8. The van der Waals surface area contributed by atoms with E-state index in [1.165, 1.54) is 12.6 Å². The molecule has 2 aromatic rings. The van der Waals surface area contributed by atoms with Crippen LogP contribution in [0.5, 0.6) is 5.75 Å². The molecule has 0 bridgehead atoms. The van der Waals surface area contributed by atoms with Crippen LogP contribution in [0.15, 0.2) is 55.1 Å². The van der Waals surface area contributed by atoms with E-state index >= 15 is 0 Å². The van der Waals surface area contributed by atoms with Gasteiger partial charge in [-0.3, -0.25) is 4.79 Å². The van der Waals surface area contributed by atoms with Gasteiger partial charge in [0, 0.05) is 10.0 Å². The van der Waals surface area contributed by atoms with Crippen molar-refractivity contribution in [2.45, 2.75) is 44.9 Å². The predicted molar refractivity (Wildman–Crippen MR) is 135 cm³/mol. The van der Waals surface area contributed by atoms with Crippen molar-refractivity contribution in [3.8, 4) is 5.75 Å². The van der Waals surface area contributed by atoms with Crippen molar-refractivity contribution in [2.24, 2.45) is 22.8 Å².